The van der Waals surface area contributed by atoms with Crippen LogP contribution in [0, 0.1) is 0 Å². The lowest BCUT2D eigenvalue weighted by Crippen LogP contribution is -1.89. The van der Waals surface area contributed by atoms with Gasteiger partial charge in [-0.3, -0.25) is 4.79 Å². The van der Waals surface area contributed by atoms with E-state index in [1.54, 1.807) is 24.3 Å². The Labute approximate surface area is 109 Å². The van der Waals surface area contributed by atoms with Crippen LogP contribution in [0.2, 0.25) is 0 Å². The van der Waals surface area contributed by atoms with Crippen LogP contribution in [0.3, 0.4) is 0 Å². The Bertz CT molecular complexity index is 613. The molecule has 5 nitrogen and oxygen atoms in total. The first kappa shape index (κ1) is 12.8. The molecule has 0 heterocycles. The van der Waals surface area contributed by atoms with Gasteiger partial charge in [-0.2, -0.15) is 5.11 Å². The molecular formula is C14H12N2O3. The number of rotatable bonds is 3. The summed E-state index contributed by atoms with van der Waals surface area (Å²) in [6.45, 7) is 1.48. The molecule has 0 bridgehead atoms. The molecule has 0 saturated heterocycles. The number of phenols is 2. The molecule has 2 aromatic carbocycles. The van der Waals surface area contributed by atoms with Crippen molar-refractivity contribution in [3.05, 3.63) is 48.0 Å². The fourth-order valence-corrected chi connectivity index (χ4v) is 1.49. The molecule has 96 valence electrons. The Kier molecular flexibility index (Phi) is 3.56. The molecule has 0 unspecified atom stereocenters. The van der Waals surface area contributed by atoms with E-state index in [-0.39, 0.29) is 23.0 Å². The molecule has 2 N–H and O–H groups in total. The van der Waals surface area contributed by atoms with Crippen molar-refractivity contribution in [1.82, 2.24) is 0 Å². The van der Waals surface area contributed by atoms with E-state index in [1.165, 1.54) is 25.1 Å². The minimum Gasteiger partial charge on any atom is -0.505 e. The number of phenolic OH excluding ortho intramolecular Hbond substituents is 2. The van der Waals surface area contributed by atoms with Gasteiger partial charge in [-0.15, -0.1) is 5.11 Å². The summed E-state index contributed by atoms with van der Waals surface area (Å²) in [6.07, 6.45) is 0. The predicted octanol–water partition coefficient (Wildman–Crippen LogP) is 3.72. The number of carbonyl (C=O) groups is 1. The van der Waals surface area contributed by atoms with Gasteiger partial charge in [-0.25, -0.2) is 0 Å². The molecule has 0 fully saturated rings. The summed E-state index contributed by atoms with van der Waals surface area (Å²) < 4.78 is 0. The Morgan fingerprint density at radius 1 is 0.947 bits per heavy atom. The Morgan fingerprint density at radius 2 is 1.53 bits per heavy atom. The van der Waals surface area contributed by atoms with E-state index in [4.69, 9.17) is 0 Å². The number of benzene rings is 2. The molecule has 0 spiro atoms. The van der Waals surface area contributed by atoms with Gasteiger partial charge in [0.1, 0.15) is 11.5 Å². The minimum atomic E-state index is -0.149. The number of ketones is 1. The first-order valence-electron chi connectivity index (χ1n) is 5.61. The molecule has 0 saturated carbocycles. The van der Waals surface area contributed by atoms with E-state index in [0.29, 0.717) is 11.3 Å². The summed E-state index contributed by atoms with van der Waals surface area (Å²) in [6, 6.07) is 10.9. The number of nitrogens with zero attached hydrogens (tertiary/aromatic N) is 2. The van der Waals surface area contributed by atoms with Crippen LogP contribution < -0.4 is 0 Å². The second-order valence-corrected chi connectivity index (χ2v) is 3.95. The Balaban J connectivity index is 2.25. The summed E-state index contributed by atoms with van der Waals surface area (Å²) in [5.74, 6) is -0.324. The lowest BCUT2D eigenvalue weighted by Gasteiger charge is -2.00. The topological polar surface area (TPSA) is 82.2 Å². The number of Topliss-reactive ketones (excluding diaryl/α,β-unsaturated/α-hetero) is 1. The molecule has 2 rings (SSSR count). The highest BCUT2D eigenvalue weighted by molar-refractivity contribution is 5.94. The fourth-order valence-electron chi connectivity index (χ4n) is 1.49. The monoisotopic (exact) mass is 256 g/mol. The third-order valence-electron chi connectivity index (χ3n) is 2.53. The number of hydrogen-bond acceptors (Lipinski definition) is 5. The van der Waals surface area contributed by atoms with Crippen molar-refractivity contribution in [3.8, 4) is 11.5 Å². The molecule has 0 aromatic heterocycles. The van der Waals surface area contributed by atoms with Crippen LogP contribution in [-0.2, 0) is 0 Å². The largest absolute Gasteiger partial charge is 0.505 e. The summed E-state index contributed by atoms with van der Waals surface area (Å²) >= 11 is 0. The molecule has 0 aliphatic rings. The molecule has 2 aromatic rings. The van der Waals surface area contributed by atoms with E-state index < -0.39 is 0 Å². The van der Waals surface area contributed by atoms with Gasteiger partial charge < -0.3 is 10.2 Å². The van der Waals surface area contributed by atoms with Gasteiger partial charge in [-0.05, 0) is 43.3 Å². The third kappa shape index (κ3) is 2.95. The van der Waals surface area contributed by atoms with Crippen LogP contribution in [0.25, 0.3) is 0 Å². The highest BCUT2D eigenvalue weighted by Crippen LogP contribution is 2.36. The van der Waals surface area contributed by atoms with Crippen LogP contribution in [0.5, 0.6) is 11.5 Å². The van der Waals surface area contributed by atoms with E-state index in [2.05, 4.69) is 10.2 Å². The number of carbonyl (C=O) groups excluding carboxylic acids is 1. The summed E-state index contributed by atoms with van der Waals surface area (Å²) in [7, 11) is 0. The fraction of sp³-hybridized carbons (Fsp3) is 0.0714. The van der Waals surface area contributed by atoms with Crippen molar-refractivity contribution in [2.75, 3.05) is 0 Å². The maximum Gasteiger partial charge on any atom is 0.169 e. The van der Waals surface area contributed by atoms with Crippen LogP contribution >= 0.6 is 0 Å². The molecule has 19 heavy (non-hydrogen) atoms. The number of hydrogen-bond donors (Lipinski definition) is 2. The highest BCUT2D eigenvalue weighted by Gasteiger charge is 2.05. The SMILES string of the molecule is CC(=O)c1ccc(N=Nc2c(O)cccc2O)cc1. The zero-order chi connectivity index (χ0) is 13.8. The minimum absolute atomic E-state index is 0.0122. The lowest BCUT2D eigenvalue weighted by molar-refractivity contribution is 0.101. The second-order valence-electron chi connectivity index (χ2n) is 3.95. The quantitative estimate of drug-likeness (QED) is 0.648. The first-order valence-corrected chi connectivity index (χ1v) is 5.61. The van der Waals surface area contributed by atoms with Gasteiger partial charge in [0.25, 0.3) is 0 Å². The normalized spacial score (nSPS) is 10.8. The summed E-state index contributed by atoms with van der Waals surface area (Å²) in [5.41, 5.74) is 1.12. The second kappa shape index (κ2) is 5.30. The number of aromatic hydroxyl groups is 2. The van der Waals surface area contributed by atoms with Gasteiger partial charge in [-0.1, -0.05) is 6.07 Å². The molecule has 0 atom stereocenters. The van der Waals surface area contributed by atoms with Crippen molar-refractivity contribution in [2.24, 2.45) is 10.2 Å². The molecule has 0 radical (unpaired) electrons. The van der Waals surface area contributed by atoms with Gasteiger partial charge in [0, 0.05) is 5.56 Å². The van der Waals surface area contributed by atoms with Gasteiger partial charge >= 0.3 is 0 Å². The van der Waals surface area contributed by atoms with Gasteiger partial charge in [0.05, 0.1) is 5.69 Å². The van der Waals surface area contributed by atoms with Gasteiger partial charge in [0.15, 0.2) is 11.5 Å². The molecule has 5 heteroatoms. The third-order valence-corrected chi connectivity index (χ3v) is 2.53. The van der Waals surface area contributed by atoms with Crippen LogP contribution in [0.4, 0.5) is 11.4 Å². The zero-order valence-corrected chi connectivity index (χ0v) is 10.2. The maximum atomic E-state index is 11.1. The average molecular weight is 256 g/mol. The lowest BCUT2D eigenvalue weighted by atomic mass is 10.1. The summed E-state index contributed by atoms with van der Waals surface area (Å²) in [4.78, 5) is 11.1. The Morgan fingerprint density at radius 3 is 2.05 bits per heavy atom. The average Bonchev–Trinajstić information content (AvgIpc) is 2.38. The van der Waals surface area contributed by atoms with Gasteiger partial charge in [0.2, 0.25) is 0 Å². The van der Waals surface area contributed by atoms with Crippen LogP contribution in [-0.4, -0.2) is 16.0 Å². The Hall–Kier alpha value is -2.69. The molecule has 0 amide bonds. The number of azo groups is 1. The van der Waals surface area contributed by atoms with Crippen molar-refractivity contribution >= 4 is 17.2 Å². The summed E-state index contributed by atoms with van der Waals surface area (Å²) in [5, 5.41) is 26.7. The molecular weight excluding hydrogens is 244 g/mol. The highest BCUT2D eigenvalue weighted by atomic mass is 16.3. The first-order chi connectivity index (χ1) is 9.08. The van der Waals surface area contributed by atoms with Crippen molar-refractivity contribution in [1.29, 1.82) is 0 Å². The van der Waals surface area contributed by atoms with Crippen LogP contribution in [0.15, 0.2) is 52.7 Å². The van der Waals surface area contributed by atoms with E-state index in [1.807, 2.05) is 0 Å². The van der Waals surface area contributed by atoms with E-state index >= 15 is 0 Å². The van der Waals surface area contributed by atoms with Crippen molar-refractivity contribution in [3.63, 3.8) is 0 Å². The van der Waals surface area contributed by atoms with Crippen molar-refractivity contribution in [2.45, 2.75) is 6.92 Å². The zero-order valence-electron chi connectivity index (χ0n) is 10.2. The van der Waals surface area contributed by atoms with Crippen molar-refractivity contribution < 1.29 is 15.0 Å². The molecule has 0 aliphatic heterocycles. The predicted molar refractivity (Wildman–Crippen MR) is 70.4 cm³/mol. The van der Waals surface area contributed by atoms with Crippen LogP contribution in [0.1, 0.15) is 17.3 Å². The van der Waals surface area contributed by atoms with E-state index in [9.17, 15) is 15.0 Å². The standard InChI is InChI=1S/C14H12N2O3/c1-9(17)10-5-7-11(8-6-10)15-16-14-12(18)3-2-4-13(14)19/h2-8,18-19H,1H3. The van der Waals surface area contributed by atoms with E-state index in [0.717, 1.165) is 0 Å². The maximum absolute atomic E-state index is 11.1. The smallest absolute Gasteiger partial charge is 0.169 e. The molecule has 0 aliphatic carbocycles.